The van der Waals surface area contributed by atoms with Crippen molar-refractivity contribution in [3.8, 4) is 0 Å². The average molecular weight is 357 g/mol. The van der Waals surface area contributed by atoms with Crippen LogP contribution in [0.5, 0.6) is 0 Å². The van der Waals surface area contributed by atoms with E-state index in [0.717, 1.165) is 0 Å². The molecule has 2 fully saturated rings. The molecule has 1 saturated heterocycles. The molecule has 3 amide bonds. The summed E-state index contributed by atoms with van der Waals surface area (Å²) in [5.41, 5.74) is -0.413. The number of nitrogens with one attached hydrogen (secondary N) is 1. The highest BCUT2D eigenvalue weighted by Gasteiger charge is 2.59. The van der Waals surface area contributed by atoms with Crippen LogP contribution in [0, 0.1) is 0 Å². The zero-order valence-electron chi connectivity index (χ0n) is 14.1. The second-order valence-electron chi connectivity index (χ2n) is 6.39. The van der Waals surface area contributed by atoms with E-state index in [1.54, 1.807) is 6.07 Å². The largest absolute Gasteiger partial charge is 0.478 e. The van der Waals surface area contributed by atoms with Crippen LogP contribution in [-0.4, -0.2) is 63.8 Å². The summed E-state index contributed by atoms with van der Waals surface area (Å²) in [6.45, 7) is 3.95. The minimum Gasteiger partial charge on any atom is -0.478 e. The molecule has 1 saturated carbocycles. The highest BCUT2D eigenvalue weighted by Crippen LogP contribution is 2.45. The number of amides is 3. The maximum Gasteiger partial charge on any atom is 0.335 e. The number of nitrogens with zero attached hydrogens (tertiary/aromatic N) is 2. The Balaban J connectivity index is 1.65. The normalized spacial score (nSPS) is 17.8. The lowest BCUT2D eigenvalue weighted by Crippen LogP contribution is -2.61. The third-order valence-corrected chi connectivity index (χ3v) is 4.69. The Bertz CT molecular complexity index is 800. The topological polar surface area (TPSA) is 107 Å². The molecule has 2 aliphatic rings. The first-order chi connectivity index (χ1) is 12.4. The van der Waals surface area contributed by atoms with Gasteiger partial charge >= 0.3 is 5.97 Å². The van der Waals surface area contributed by atoms with Crippen molar-refractivity contribution < 1.29 is 24.3 Å². The number of hydrogen-bond acceptors (Lipinski definition) is 4. The Hall–Kier alpha value is -3.16. The van der Waals surface area contributed by atoms with Crippen LogP contribution < -0.4 is 5.32 Å². The molecule has 0 unspecified atom stereocenters. The van der Waals surface area contributed by atoms with Crippen molar-refractivity contribution in [3.05, 3.63) is 42.5 Å². The van der Waals surface area contributed by atoms with Gasteiger partial charge < -0.3 is 20.2 Å². The summed E-state index contributed by atoms with van der Waals surface area (Å²) in [4.78, 5) is 50.9. The molecule has 0 radical (unpaired) electrons. The summed E-state index contributed by atoms with van der Waals surface area (Å²) >= 11 is 0. The van der Waals surface area contributed by atoms with E-state index in [1.165, 1.54) is 34.1 Å². The fourth-order valence-electron chi connectivity index (χ4n) is 3.23. The zero-order chi connectivity index (χ0) is 18.9. The van der Waals surface area contributed by atoms with E-state index in [4.69, 9.17) is 5.11 Å². The highest BCUT2D eigenvalue weighted by atomic mass is 16.4. The smallest absolute Gasteiger partial charge is 0.335 e. The van der Waals surface area contributed by atoms with Gasteiger partial charge in [0.1, 0.15) is 12.1 Å². The predicted molar refractivity (Wildman–Crippen MR) is 92.5 cm³/mol. The van der Waals surface area contributed by atoms with Gasteiger partial charge in [-0.2, -0.15) is 0 Å². The van der Waals surface area contributed by atoms with Crippen LogP contribution in [-0.2, 0) is 14.4 Å². The summed E-state index contributed by atoms with van der Waals surface area (Å²) in [5, 5.41) is 11.6. The van der Waals surface area contributed by atoms with Gasteiger partial charge in [-0.3, -0.25) is 14.4 Å². The molecular formula is C18H19N3O5. The van der Waals surface area contributed by atoms with Gasteiger partial charge in [0.05, 0.1) is 5.56 Å². The lowest BCUT2D eigenvalue weighted by atomic mass is 10.1. The average Bonchev–Trinajstić information content (AvgIpc) is 3.40. The minimum absolute atomic E-state index is 0.0624. The van der Waals surface area contributed by atoms with Crippen molar-refractivity contribution in [1.82, 2.24) is 9.80 Å². The van der Waals surface area contributed by atoms with Crippen LogP contribution in [0.1, 0.15) is 23.2 Å². The van der Waals surface area contributed by atoms with E-state index in [9.17, 15) is 19.2 Å². The van der Waals surface area contributed by atoms with E-state index < -0.39 is 17.4 Å². The maximum atomic E-state index is 12.7. The zero-order valence-corrected chi connectivity index (χ0v) is 14.1. The van der Waals surface area contributed by atoms with Crippen molar-refractivity contribution in [2.75, 3.05) is 25.0 Å². The first kappa shape index (κ1) is 17.7. The Labute approximate surface area is 150 Å². The molecular weight excluding hydrogens is 338 g/mol. The fourth-order valence-corrected chi connectivity index (χ4v) is 3.23. The Kier molecular flexibility index (Phi) is 4.50. The van der Waals surface area contributed by atoms with E-state index in [0.29, 0.717) is 25.1 Å². The van der Waals surface area contributed by atoms with Crippen LogP contribution in [0.2, 0.25) is 0 Å². The van der Waals surface area contributed by atoms with Gasteiger partial charge in [0, 0.05) is 18.8 Å². The first-order valence-corrected chi connectivity index (χ1v) is 8.24. The number of aromatic carboxylic acids is 1. The van der Waals surface area contributed by atoms with Crippen molar-refractivity contribution in [3.63, 3.8) is 0 Å². The number of anilines is 1. The van der Waals surface area contributed by atoms with Crippen LogP contribution in [0.25, 0.3) is 0 Å². The number of rotatable bonds is 5. The summed E-state index contributed by atoms with van der Waals surface area (Å²) in [6.07, 6.45) is 2.37. The van der Waals surface area contributed by atoms with Gasteiger partial charge in [0.15, 0.2) is 0 Å². The number of piperazine rings is 1. The summed E-state index contributed by atoms with van der Waals surface area (Å²) in [7, 11) is 0. The van der Waals surface area contributed by atoms with E-state index >= 15 is 0 Å². The van der Waals surface area contributed by atoms with Crippen molar-refractivity contribution in [1.29, 1.82) is 0 Å². The second-order valence-corrected chi connectivity index (χ2v) is 6.39. The summed E-state index contributed by atoms with van der Waals surface area (Å²) in [5.74, 6) is -2.01. The number of carbonyl (C=O) groups excluding carboxylic acids is 3. The predicted octanol–water partition coefficient (Wildman–Crippen LogP) is 0.713. The molecule has 1 spiro atoms. The highest BCUT2D eigenvalue weighted by molar-refractivity contribution is 6.01. The molecule has 8 heteroatoms. The van der Waals surface area contributed by atoms with E-state index in [-0.39, 0.29) is 30.5 Å². The minimum atomic E-state index is -1.09. The van der Waals surface area contributed by atoms with Gasteiger partial charge in [-0.25, -0.2) is 4.79 Å². The molecule has 1 aliphatic heterocycles. The summed E-state index contributed by atoms with van der Waals surface area (Å²) < 4.78 is 0. The van der Waals surface area contributed by atoms with Crippen LogP contribution in [0.15, 0.2) is 36.9 Å². The van der Waals surface area contributed by atoms with Crippen LogP contribution in [0.3, 0.4) is 0 Å². The Morgan fingerprint density at radius 3 is 2.62 bits per heavy atom. The molecule has 1 aromatic rings. The third-order valence-electron chi connectivity index (χ3n) is 4.69. The van der Waals surface area contributed by atoms with Crippen molar-refractivity contribution in [2.24, 2.45) is 0 Å². The van der Waals surface area contributed by atoms with E-state index in [1.807, 2.05) is 0 Å². The SMILES string of the molecule is C=CC(=O)N1CCN(CC(=O)Nc2cccc(C(=O)O)c2)C(=O)C12CC2. The molecule has 1 heterocycles. The van der Waals surface area contributed by atoms with Gasteiger partial charge in [-0.05, 0) is 37.1 Å². The van der Waals surface area contributed by atoms with Crippen molar-refractivity contribution in [2.45, 2.75) is 18.4 Å². The third kappa shape index (κ3) is 3.17. The Morgan fingerprint density at radius 2 is 2.00 bits per heavy atom. The number of carboxylic acid groups (broad SMARTS) is 1. The lowest BCUT2D eigenvalue weighted by molar-refractivity contribution is -0.152. The molecule has 8 nitrogen and oxygen atoms in total. The molecule has 0 atom stereocenters. The quantitative estimate of drug-likeness (QED) is 0.755. The number of hydrogen-bond donors (Lipinski definition) is 2. The molecule has 2 N–H and O–H groups in total. The first-order valence-electron chi connectivity index (χ1n) is 8.24. The van der Waals surface area contributed by atoms with Gasteiger partial charge in [0.2, 0.25) is 17.7 Å². The molecule has 0 bridgehead atoms. The lowest BCUT2D eigenvalue weighted by Gasteiger charge is -2.40. The number of benzene rings is 1. The van der Waals surface area contributed by atoms with Crippen molar-refractivity contribution >= 4 is 29.4 Å². The number of carbonyl (C=O) groups is 4. The monoisotopic (exact) mass is 357 g/mol. The standard InChI is InChI=1S/C18H19N3O5/c1-2-15(23)21-9-8-20(17(26)18(21)6-7-18)11-14(22)19-13-5-3-4-12(10-13)16(24)25/h2-5,10H,1,6-9,11H2,(H,19,22)(H,24,25). The number of carboxylic acids is 1. The molecule has 3 rings (SSSR count). The van der Waals surface area contributed by atoms with E-state index in [2.05, 4.69) is 11.9 Å². The fraction of sp³-hybridized carbons (Fsp3) is 0.333. The molecule has 1 aromatic carbocycles. The Morgan fingerprint density at radius 1 is 1.27 bits per heavy atom. The van der Waals surface area contributed by atoms with Gasteiger partial charge in [-0.15, -0.1) is 0 Å². The van der Waals surface area contributed by atoms with Crippen LogP contribution in [0.4, 0.5) is 5.69 Å². The van der Waals surface area contributed by atoms with Crippen LogP contribution >= 0.6 is 0 Å². The second kappa shape index (κ2) is 6.62. The molecule has 136 valence electrons. The van der Waals surface area contributed by atoms with Gasteiger partial charge in [0.25, 0.3) is 0 Å². The summed E-state index contributed by atoms with van der Waals surface area (Å²) in [6, 6.07) is 5.89. The molecule has 1 aliphatic carbocycles. The van der Waals surface area contributed by atoms with Gasteiger partial charge in [-0.1, -0.05) is 12.6 Å². The maximum absolute atomic E-state index is 12.7. The molecule has 0 aromatic heterocycles. The molecule has 26 heavy (non-hydrogen) atoms.